The number of rotatable bonds is 4. The van der Waals surface area contributed by atoms with Crippen molar-refractivity contribution < 1.29 is 23.8 Å². The number of fused-ring (bicyclic) bond motifs is 2. The number of amides is 2. The Morgan fingerprint density at radius 3 is 2.70 bits per heavy atom. The number of pyridine rings is 2. The van der Waals surface area contributed by atoms with Crippen LogP contribution in [0.2, 0.25) is 0 Å². The molecule has 11 heteroatoms. The van der Waals surface area contributed by atoms with Gasteiger partial charge in [-0.1, -0.05) is 0 Å². The molecule has 0 bridgehead atoms. The molecule has 6 rings (SSSR count). The van der Waals surface area contributed by atoms with Crippen LogP contribution in [0.4, 0.5) is 26.4 Å². The van der Waals surface area contributed by atoms with Crippen LogP contribution in [0, 0.1) is 18.7 Å². The van der Waals surface area contributed by atoms with Gasteiger partial charge in [-0.05, 0) is 49.3 Å². The molecule has 1 saturated heterocycles. The van der Waals surface area contributed by atoms with Gasteiger partial charge in [0.2, 0.25) is 11.8 Å². The lowest BCUT2D eigenvalue weighted by Gasteiger charge is -2.43. The highest BCUT2D eigenvalue weighted by atomic mass is 19.1. The Balaban J connectivity index is 1.35. The topological polar surface area (TPSA) is 134 Å². The largest absolute Gasteiger partial charge is 0.474 e. The molecule has 4 heterocycles. The van der Waals surface area contributed by atoms with Gasteiger partial charge < -0.3 is 25.8 Å². The van der Waals surface area contributed by atoms with E-state index in [1.807, 2.05) is 11.8 Å². The molecule has 3 aromatic rings. The third-order valence-corrected chi connectivity index (χ3v) is 7.67. The van der Waals surface area contributed by atoms with E-state index in [9.17, 15) is 14.7 Å². The van der Waals surface area contributed by atoms with Crippen LogP contribution in [0.1, 0.15) is 24.8 Å². The van der Waals surface area contributed by atoms with Gasteiger partial charge in [-0.2, -0.15) is 0 Å². The molecule has 1 saturated carbocycles. The quantitative estimate of drug-likeness (QED) is 0.457. The maximum absolute atomic E-state index is 15.5. The summed E-state index contributed by atoms with van der Waals surface area (Å²) in [7, 11) is 0. The lowest BCUT2D eigenvalue weighted by Crippen LogP contribution is -2.54. The number of nitrogens with zero attached hydrogens (tertiary/aromatic N) is 4. The van der Waals surface area contributed by atoms with Gasteiger partial charge in [-0.25, -0.2) is 19.2 Å². The fourth-order valence-electron chi connectivity index (χ4n) is 5.34. The summed E-state index contributed by atoms with van der Waals surface area (Å²) < 4.78 is 21.0. The van der Waals surface area contributed by atoms with Gasteiger partial charge in [0.25, 0.3) is 0 Å². The van der Waals surface area contributed by atoms with E-state index < -0.39 is 11.9 Å². The molecule has 37 heavy (non-hydrogen) atoms. The summed E-state index contributed by atoms with van der Waals surface area (Å²) in [5.41, 5.74) is 8.41. The molecule has 2 aliphatic heterocycles. The van der Waals surface area contributed by atoms with Crippen molar-refractivity contribution in [1.29, 1.82) is 0 Å². The first kappa shape index (κ1) is 23.3. The van der Waals surface area contributed by atoms with Crippen molar-refractivity contribution in [1.82, 2.24) is 14.9 Å². The number of carboxylic acid groups (broad SMARTS) is 1. The summed E-state index contributed by atoms with van der Waals surface area (Å²) in [4.78, 5) is 36.4. The standard InChI is InChI=1S/C26H27FN6O4/c1-13-18(11-31-24-23(13)29-3-6-37-24)17-9-14-10-20(30-12-19(14)22(28)21(17)27)33(26(35)36)16-7-15(8-16)25(34)32-4-2-5-32/h9-12,15-16,29H,2-8,28H2,1H3,(H,35,36). The van der Waals surface area contributed by atoms with Gasteiger partial charge >= 0.3 is 6.09 Å². The molecular weight excluding hydrogens is 479 g/mol. The van der Waals surface area contributed by atoms with Gasteiger partial charge in [-0.15, -0.1) is 0 Å². The number of carbonyl (C=O) groups is 2. The minimum absolute atomic E-state index is 0.0707. The normalized spacial score (nSPS) is 20.2. The van der Waals surface area contributed by atoms with E-state index in [0.717, 1.165) is 25.1 Å². The number of nitrogens with two attached hydrogens (primary N) is 1. The summed E-state index contributed by atoms with van der Waals surface area (Å²) in [6.07, 6.45) is 3.72. The second-order valence-corrected chi connectivity index (χ2v) is 9.82. The van der Waals surface area contributed by atoms with Crippen molar-refractivity contribution in [2.75, 3.05) is 42.2 Å². The summed E-state index contributed by atoms with van der Waals surface area (Å²) in [6, 6.07) is 2.90. The number of ether oxygens (including phenoxy) is 1. The van der Waals surface area contributed by atoms with Gasteiger partial charge in [-0.3, -0.25) is 9.69 Å². The van der Waals surface area contributed by atoms with Crippen molar-refractivity contribution in [3.8, 4) is 17.0 Å². The SMILES string of the molecule is Cc1c(-c2cc3cc(N(C(=O)O)C4CC(C(=O)N5CCC5)C4)ncc3c(N)c2F)cnc2c1NCCO2. The summed E-state index contributed by atoms with van der Waals surface area (Å²) >= 11 is 0. The summed E-state index contributed by atoms with van der Waals surface area (Å²) in [6.45, 7) is 4.53. The number of benzene rings is 1. The van der Waals surface area contributed by atoms with E-state index >= 15 is 4.39 Å². The van der Waals surface area contributed by atoms with E-state index in [1.54, 1.807) is 18.3 Å². The Hall–Kier alpha value is -4.15. The predicted molar refractivity (Wildman–Crippen MR) is 136 cm³/mol. The predicted octanol–water partition coefficient (Wildman–Crippen LogP) is 3.63. The highest BCUT2D eigenvalue weighted by Gasteiger charge is 2.43. The van der Waals surface area contributed by atoms with Crippen LogP contribution in [-0.4, -0.2) is 64.3 Å². The maximum Gasteiger partial charge on any atom is 0.413 e. The van der Waals surface area contributed by atoms with Crippen molar-refractivity contribution in [3.63, 3.8) is 0 Å². The fraction of sp³-hybridized carbons (Fsp3) is 0.385. The van der Waals surface area contributed by atoms with Crippen LogP contribution >= 0.6 is 0 Å². The Labute approximate surface area is 212 Å². The number of nitrogens with one attached hydrogen (secondary N) is 1. The number of anilines is 3. The molecule has 2 fully saturated rings. The minimum Gasteiger partial charge on any atom is -0.474 e. The lowest BCUT2D eigenvalue weighted by molar-refractivity contribution is -0.142. The average Bonchev–Trinajstić information content (AvgIpc) is 2.82. The van der Waals surface area contributed by atoms with Crippen molar-refractivity contribution in [2.24, 2.45) is 5.92 Å². The first-order valence-corrected chi connectivity index (χ1v) is 12.4. The third kappa shape index (κ3) is 3.76. The molecule has 1 aromatic carbocycles. The molecule has 2 aromatic heterocycles. The van der Waals surface area contributed by atoms with Crippen LogP contribution in [0.3, 0.4) is 0 Å². The zero-order valence-corrected chi connectivity index (χ0v) is 20.3. The van der Waals surface area contributed by atoms with E-state index in [4.69, 9.17) is 10.5 Å². The molecule has 4 N–H and O–H groups in total. The minimum atomic E-state index is -1.15. The van der Waals surface area contributed by atoms with E-state index in [-0.39, 0.29) is 34.9 Å². The monoisotopic (exact) mass is 506 g/mol. The zero-order valence-electron chi connectivity index (χ0n) is 20.3. The number of nitrogen functional groups attached to an aromatic ring is 1. The first-order chi connectivity index (χ1) is 17.8. The zero-order chi connectivity index (χ0) is 25.8. The number of aromatic nitrogens is 2. The highest BCUT2D eigenvalue weighted by Crippen LogP contribution is 2.41. The number of hydrogen-bond donors (Lipinski definition) is 3. The van der Waals surface area contributed by atoms with Crippen molar-refractivity contribution in [3.05, 3.63) is 35.9 Å². The molecule has 3 aliphatic rings. The van der Waals surface area contributed by atoms with E-state index in [2.05, 4.69) is 15.3 Å². The van der Waals surface area contributed by atoms with E-state index in [0.29, 0.717) is 53.9 Å². The molecule has 192 valence electrons. The number of carbonyl (C=O) groups excluding carboxylic acids is 1. The van der Waals surface area contributed by atoms with Crippen LogP contribution < -0.4 is 20.7 Å². The Morgan fingerprint density at radius 1 is 1.22 bits per heavy atom. The second-order valence-electron chi connectivity index (χ2n) is 9.82. The van der Waals surface area contributed by atoms with Gasteiger partial charge in [0.05, 0.1) is 5.69 Å². The first-order valence-electron chi connectivity index (χ1n) is 12.4. The smallest absolute Gasteiger partial charge is 0.413 e. The Bertz CT molecular complexity index is 1440. The number of hydrogen-bond acceptors (Lipinski definition) is 7. The molecule has 0 spiro atoms. The Morgan fingerprint density at radius 2 is 2.00 bits per heavy atom. The summed E-state index contributed by atoms with van der Waals surface area (Å²) in [5.74, 6) is 0.0241. The van der Waals surface area contributed by atoms with Crippen molar-refractivity contribution in [2.45, 2.75) is 32.2 Å². The second kappa shape index (κ2) is 8.75. The van der Waals surface area contributed by atoms with Crippen LogP contribution in [-0.2, 0) is 4.79 Å². The summed E-state index contributed by atoms with van der Waals surface area (Å²) in [5, 5.41) is 14.2. The molecule has 0 unspecified atom stereocenters. The van der Waals surface area contributed by atoms with Crippen molar-refractivity contribution >= 4 is 40.0 Å². The number of likely N-dealkylation sites (tertiary alicyclic amines) is 1. The molecule has 1 aliphatic carbocycles. The van der Waals surface area contributed by atoms with Crippen LogP contribution in [0.5, 0.6) is 5.88 Å². The molecule has 2 amide bonds. The molecule has 0 atom stereocenters. The molecular formula is C26H27FN6O4. The lowest BCUT2D eigenvalue weighted by atomic mass is 9.78. The fourth-order valence-corrected chi connectivity index (χ4v) is 5.34. The number of halogens is 1. The van der Waals surface area contributed by atoms with Crippen LogP contribution in [0.15, 0.2) is 24.5 Å². The van der Waals surface area contributed by atoms with Gasteiger partial charge in [0, 0.05) is 60.5 Å². The average molecular weight is 507 g/mol. The highest BCUT2D eigenvalue weighted by molar-refractivity contribution is 6.00. The Kier molecular flexibility index (Phi) is 5.50. The maximum atomic E-state index is 15.5. The molecule has 0 radical (unpaired) electrons. The van der Waals surface area contributed by atoms with Gasteiger partial charge in [0.15, 0.2) is 5.82 Å². The van der Waals surface area contributed by atoms with Gasteiger partial charge in [0.1, 0.15) is 18.1 Å². The van der Waals surface area contributed by atoms with Crippen LogP contribution in [0.25, 0.3) is 21.9 Å². The third-order valence-electron chi connectivity index (χ3n) is 7.67. The van der Waals surface area contributed by atoms with E-state index in [1.165, 1.54) is 11.1 Å². The molecule has 10 nitrogen and oxygen atoms in total.